The molecule has 120 valence electrons. The Morgan fingerprint density at radius 2 is 2.26 bits per heavy atom. The van der Waals surface area contributed by atoms with Gasteiger partial charge in [0.25, 0.3) is 5.91 Å². The van der Waals surface area contributed by atoms with Crippen LogP contribution in [0.15, 0.2) is 30.6 Å². The minimum atomic E-state index is 0.0601. The second-order valence-corrected chi connectivity index (χ2v) is 6.15. The Morgan fingerprint density at radius 1 is 1.35 bits per heavy atom. The quantitative estimate of drug-likeness (QED) is 0.850. The maximum atomic E-state index is 13.0. The van der Waals surface area contributed by atoms with Gasteiger partial charge in [-0.05, 0) is 38.3 Å². The Bertz CT molecular complexity index is 713. The van der Waals surface area contributed by atoms with Gasteiger partial charge in [-0.15, -0.1) is 0 Å². The summed E-state index contributed by atoms with van der Waals surface area (Å²) in [5, 5.41) is 4.36. The molecule has 0 spiro atoms. The second kappa shape index (κ2) is 5.77. The summed E-state index contributed by atoms with van der Waals surface area (Å²) in [5.41, 5.74) is 1.48. The van der Waals surface area contributed by atoms with E-state index in [9.17, 15) is 4.79 Å². The number of hydrogen-bond acceptors (Lipinski definition) is 4. The van der Waals surface area contributed by atoms with Crippen LogP contribution in [0.1, 0.15) is 35.3 Å². The first-order valence-electron chi connectivity index (χ1n) is 8.14. The van der Waals surface area contributed by atoms with E-state index in [2.05, 4.69) is 10.1 Å². The van der Waals surface area contributed by atoms with E-state index in [1.165, 1.54) is 0 Å². The molecule has 0 aromatic carbocycles. The van der Waals surface area contributed by atoms with Crippen molar-refractivity contribution >= 4 is 5.91 Å². The van der Waals surface area contributed by atoms with Gasteiger partial charge in [-0.3, -0.25) is 4.79 Å². The summed E-state index contributed by atoms with van der Waals surface area (Å²) in [5.74, 6) is 0.787. The summed E-state index contributed by atoms with van der Waals surface area (Å²) in [6.07, 6.45) is 6.81. The first kappa shape index (κ1) is 14.4. The summed E-state index contributed by atoms with van der Waals surface area (Å²) in [4.78, 5) is 19.3. The van der Waals surface area contributed by atoms with Crippen molar-refractivity contribution in [1.82, 2.24) is 19.7 Å². The highest BCUT2D eigenvalue weighted by Crippen LogP contribution is 2.31. The fraction of sp³-hybridized carbons (Fsp3) is 0.471. The Kier molecular flexibility index (Phi) is 3.61. The average Bonchev–Trinajstić information content (AvgIpc) is 3.21. The van der Waals surface area contributed by atoms with Crippen molar-refractivity contribution < 1.29 is 9.53 Å². The molecule has 1 aliphatic heterocycles. The number of fused-ring (bicyclic) bond motifs is 1. The molecule has 4 rings (SSSR count). The second-order valence-electron chi connectivity index (χ2n) is 6.15. The van der Waals surface area contributed by atoms with Crippen LogP contribution in [0.5, 0.6) is 0 Å². The molecular formula is C17H20N4O2. The number of aromatic nitrogens is 3. The van der Waals surface area contributed by atoms with Gasteiger partial charge >= 0.3 is 0 Å². The van der Waals surface area contributed by atoms with Crippen molar-refractivity contribution in [2.75, 3.05) is 13.2 Å². The van der Waals surface area contributed by atoms with Crippen molar-refractivity contribution in [1.29, 1.82) is 0 Å². The molecule has 2 aliphatic rings. The smallest absolute Gasteiger partial charge is 0.257 e. The lowest BCUT2D eigenvalue weighted by Gasteiger charge is -2.37. The summed E-state index contributed by atoms with van der Waals surface area (Å²) in [6, 6.07) is 5.88. The van der Waals surface area contributed by atoms with Gasteiger partial charge in [0.15, 0.2) is 5.82 Å². The van der Waals surface area contributed by atoms with Gasteiger partial charge in [0.1, 0.15) is 0 Å². The molecule has 0 N–H and O–H groups in total. The van der Waals surface area contributed by atoms with Gasteiger partial charge in [-0.1, -0.05) is 6.07 Å². The molecule has 1 saturated carbocycles. The van der Waals surface area contributed by atoms with Gasteiger partial charge in [0.2, 0.25) is 0 Å². The SMILES string of the molecule is Cc1c(C(=O)N2CCO[C@@H]3CCC[C@@H]32)cnn1-c1ccccn1. The van der Waals surface area contributed by atoms with E-state index in [0.29, 0.717) is 18.7 Å². The highest BCUT2D eigenvalue weighted by molar-refractivity contribution is 5.95. The molecule has 2 atom stereocenters. The van der Waals surface area contributed by atoms with E-state index >= 15 is 0 Å². The lowest BCUT2D eigenvalue weighted by atomic mass is 10.1. The zero-order valence-corrected chi connectivity index (χ0v) is 13.2. The fourth-order valence-corrected chi connectivity index (χ4v) is 3.66. The average molecular weight is 312 g/mol. The molecular weight excluding hydrogens is 292 g/mol. The number of rotatable bonds is 2. The number of ether oxygens (including phenoxy) is 1. The lowest BCUT2D eigenvalue weighted by molar-refractivity contribution is -0.0445. The number of carbonyl (C=O) groups excluding carboxylic acids is 1. The molecule has 2 aromatic heterocycles. The molecule has 6 nitrogen and oxygen atoms in total. The molecule has 23 heavy (non-hydrogen) atoms. The largest absolute Gasteiger partial charge is 0.374 e. The van der Waals surface area contributed by atoms with Crippen molar-refractivity contribution in [3.63, 3.8) is 0 Å². The van der Waals surface area contributed by atoms with E-state index in [4.69, 9.17) is 4.74 Å². The predicted octanol–water partition coefficient (Wildman–Crippen LogP) is 1.97. The normalized spacial score (nSPS) is 23.8. The van der Waals surface area contributed by atoms with E-state index in [1.54, 1.807) is 17.1 Å². The third-order valence-corrected chi connectivity index (χ3v) is 4.85. The molecule has 1 saturated heterocycles. The predicted molar refractivity (Wildman–Crippen MR) is 84.5 cm³/mol. The van der Waals surface area contributed by atoms with Crippen LogP contribution in [-0.4, -0.2) is 50.9 Å². The Hall–Kier alpha value is -2.21. The lowest BCUT2D eigenvalue weighted by Crippen LogP contribution is -2.51. The zero-order chi connectivity index (χ0) is 15.8. The van der Waals surface area contributed by atoms with Crippen molar-refractivity contribution in [3.8, 4) is 5.82 Å². The van der Waals surface area contributed by atoms with Crippen LogP contribution in [0.4, 0.5) is 0 Å². The Balaban J connectivity index is 1.63. The maximum Gasteiger partial charge on any atom is 0.257 e. The van der Waals surface area contributed by atoms with E-state index in [1.807, 2.05) is 30.0 Å². The molecule has 1 amide bonds. The molecule has 2 aromatic rings. The minimum absolute atomic E-state index is 0.0601. The molecule has 0 bridgehead atoms. The molecule has 1 aliphatic carbocycles. The number of nitrogens with zero attached hydrogens (tertiary/aromatic N) is 4. The zero-order valence-electron chi connectivity index (χ0n) is 13.2. The standard InChI is InChI=1S/C17H20N4O2/c1-12-13(11-19-21(12)16-7-2-3-8-18-16)17(22)20-9-10-23-15-6-4-5-14(15)20/h2-3,7-8,11,14-15H,4-6,9-10H2,1H3/t14-,15+/m0/s1. The van der Waals surface area contributed by atoms with Gasteiger partial charge in [-0.25, -0.2) is 9.67 Å². The van der Waals surface area contributed by atoms with Gasteiger partial charge in [0, 0.05) is 12.7 Å². The first-order valence-corrected chi connectivity index (χ1v) is 8.14. The van der Waals surface area contributed by atoms with E-state index < -0.39 is 0 Å². The molecule has 6 heteroatoms. The monoisotopic (exact) mass is 312 g/mol. The number of hydrogen-bond donors (Lipinski definition) is 0. The van der Waals surface area contributed by atoms with Gasteiger partial charge in [-0.2, -0.15) is 5.10 Å². The highest BCUT2D eigenvalue weighted by atomic mass is 16.5. The molecule has 2 fully saturated rings. The van der Waals surface area contributed by atoms with Crippen LogP contribution < -0.4 is 0 Å². The van der Waals surface area contributed by atoms with Crippen LogP contribution in [0.3, 0.4) is 0 Å². The van der Waals surface area contributed by atoms with Crippen LogP contribution in [0, 0.1) is 6.92 Å². The number of morpholine rings is 1. The number of pyridine rings is 1. The van der Waals surface area contributed by atoms with Crippen molar-refractivity contribution in [2.45, 2.75) is 38.3 Å². The minimum Gasteiger partial charge on any atom is -0.374 e. The van der Waals surface area contributed by atoms with Crippen molar-refractivity contribution in [2.24, 2.45) is 0 Å². The molecule has 3 heterocycles. The third kappa shape index (κ3) is 2.43. The van der Waals surface area contributed by atoms with E-state index in [0.717, 1.165) is 30.8 Å². The summed E-state index contributed by atoms with van der Waals surface area (Å²) in [7, 11) is 0. The van der Waals surface area contributed by atoms with Crippen LogP contribution in [0.2, 0.25) is 0 Å². The summed E-state index contributed by atoms with van der Waals surface area (Å²) < 4.78 is 7.52. The van der Waals surface area contributed by atoms with Crippen LogP contribution in [0.25, 0.3) is 5.82 Å². The van der Waals surface area contributed by atoms with Gasteiger partial charge in [0.05, 0.1) is 36.2 Å². The van der Waals surface area contributed by atoms with Crippen molar-refractivity contribution in [3.05, 3.63) is 41.9 Å². The van der Waals surface area contributed by atoms with Gasteiger partial charge < -0.3 is 9.64 Å². The Labute approximate surface area is 135 Å². The topological polar surface area (TPSA) is 60.3 Å². The summed E-state index contributed by atoms with van der Waals surface area (Å²) in [6.45, 7) is 3.20. The maximum absolute atomic E-state index is 13.0. The van der Waals surface area contributed by atoms with E-state index in [-0.39, 0.29) is 18.1 Å². The highest BCUT2D eigenvalue weighted by Gasteiger charge is 2.39. The fourth-order valence-electron chi connectivity index (χ4n) is 3.66. The number of amides is 1. The van der Waals surface area contributed by atoms with Crippen LogP contribution in [-0.2, 0) is 4.74 Å². The number of carbonyl (C=O) groups is 1. The third-order valence-electron chi connectivity index (χ3n) is 4.85. The summed E-state index contributed by atoms with van der Waals surface area (Å²) >= 11 is 0. The van der Waals surface area contributed by atoms with Crippen LogP contribution >= 0.6 is 0 Å². The first-order chi connectivity index (χ1) is 11.3. The molecule has 0 unspecified atom stereocenters. The Morgan fingerprint density at radius 3 is 3.09 bits per heavy atom. The molecule has 0 radical (unpaired) electrons.